The van der Waals surface area contributed by atoms with Gasteiger partial charge in [-0.3, -0.25) is 19.2 Å². The number of ether oxygens (including phenoxy) is 4. The molecule has 0 fully saturated rings. The molecule has 14 heteroatoms. The molecule has 0 aliphatic rings. The van der Waals surface area contributed by atoms with Crippen LogP contribution in [0, 0.1) is 0 Å². The molecule has 0 saturated heterocycles. The second-order valence-corrected chi connectivity index (χ2v) is 12.9. The van der Waals surface area contributed by atoms with Crippen LogP contribution in [-0.2, 0) is 47.7 Å². The topological polar surface area (TPSA) is 196 Å². The molecule has 51 heavy (non-hydrogen) atoms. The zero-order valence-electron chi connectivity index (χ0n) is 31.4. The van der Waals surface area contributed by atoms with Crippen molar-refractivity contribution in [3.63, 3.8) is 0 Å². The number of rotatable bonds is 38. The number of carboxylic acid groups (broad SMARTS) is 1. The van der Waals surface area contributed by atoms with Crippen LogP contribution in [-0.4, -0.2) is 112 Å². The Balaban J connectivity index is 3.66. The van der Waals surface area contributed by atoms with Gasteiger partial charge in [0.05, 0.1) is 39.6 Å². The molecule has 0 heterocycles. The predicted octanol–water partition coefficient (Wildman–Crippen LogP) is 4.05. The van der Waals surface area contributed by atoms with E-state index in [2.05, 4.69) is 16.0 Å². The van der Waals surface area contributed by atoms with Gasteiger partial charge in [-0.25, -0.2) is 4.79 Å². The number of amides is 3. The van der Waals surface area contributed by atoms with Crippen molar-refractivity contribution < 1.29 is 52.8 Å². The van der Waals surface area contributed by atoms with Crippen molar-refractivity contribution in [2.24, 2.45) is 0 Å². The van der Waals surface area contributed by atoms with E-state index in [4.69, 9.17) is 18.9 Å². The third-order valence-corrected chi connectivity index (χ3v) is 7.90. The summed E-state index contributed by atoms with van der Waals surface area (Å²) in [5, 5.41) is 17.3. The Bertz CT molecular complexity index is 949. The van der Waals surface area contributed by atoms with E-state index in [9.17, 15) is 33.9 Å². The van der Waals surface area contributed by atoms with E-state index in [-0.39, 0.29) is 88.1 Å². The summed E-state index contributed by atoms with van der Waals surface area (Å²) in [5.41, 5.74) is 0. The Kier molecular flexibility index (Phi) is 33.4. The summed E-state index contributed by atoms with van der Waals surface area (Å²) in [6.45, 7) is 5.17. The molecule has 0 unspecified atom stereocenters. The Morgan fingerprint density at radius 3 is 1.37 bits per heavy atom. The van der Waals surface area contributed by atoms with Crippen LogP contribution in [0.2, 0.25) is 0 Å². The summed E-state index contributed by atoms with van der Waals surface area (Å²) in [5.74, 6) is -1.87. The van der Waals surface area contributed by atoms with E-state index >= 15 is 0 Å². The number of carboxylic acids is 1. The second-order valence-electron chi connectivity index (χ2n) is 12.9. The van der Waals surface area contributed by atoms with Gasteiger partial charge >= 0.3 is 5.97 Å². The molecule has 1 atom stereocenters. The van der Waals surface area contributed by atoms with Gasteiger partial charge in [-0.05, 0) is 33.1 Å². The number of hydrogen-bond acceptors (Lipinski definition) is 10. The number of nitrogens with one attached hydrogen (secondary N) is 3. The first-order chi connectivity index (χ1) is 24.6. The van der Waals surface area contributed by atoms with Crippen LogP contribution in [0.15, 0.2) is 0 Å². The second kappa shape index (κ2) is 35.5. The fourth-order valence-electron chi connectivity index (χ4n) is 5.07. The molecular formula is C37H67N3O11. The SMILES string of the molecule is CC(=O)CCCCCCCCCCCCCCCCC(=O)N[C@@H](CCC(=O)NCCOCCOCC(=O)NCCOCCOCC(C)=O)C(=O)O. The average Bonchev–Trinajstić information content (AvgIpc) is 3.08. The van der Waals surface area contributed by atoms with Gasteiger partial charge in [-0.15, -0.1) is 0 Å². The van der Waals surface area contributed by atoms with Crippen LogP contribution in [0.4, 0.5) is 0 Å². The Morgan fingerprint density at radius 2 is 0.902 bits per heavy atom. The first-order valence-corrected chi connectivity index (χ1v) is 19.0. The number of carbonyl (C=O) groups is 6. The van der Waals surface area contributed by atoms with Crippen molar-refractivity contribution >= 4 is 35.3 Å². The molecule has 0 radical (unpaired) electrons. The fourth-order valence-corrected chi connectivity index (χ4v) is 5.07. The van der Waals surface area contributed by atoms with Crippen molar-refractivity contribution in [2.75, 3.05) is 65.9 Å². The van der Waals surface area contributed by atoms with Crippen molar-refractivity contribution in [1.29, 1.82) is 0 Å². The lowest BCUT2D eigenvalue weighted by molar-refractivity contribution is -0.142. The largest absolute Gasteiger partial charge is 0.480 e. The van der Waals surface area contributed by atoms with Crippen LogP contribution in [0.1, 0.15) is 129 Å². The van der Waals surface area contributed by atoms with Crippen LogP contribution in [0.5, 0.6) is 0 Å². The molecule has 0 aromatic carbocycles. The van der Waals surface area contributed by atoms with Crippen LogP contribution in [0.3, 0.4) is 0 Å². The third-order valence-electron chi connectivity index (χ3n) is 7.90. The maximum atomic E-state index is 12.3. The minimum Gasteiger partial charge on any atom is -0.480 e. The first-order valence-electron chi connectivity index (χ1n) is 19.0. The van der Waals surface area contributed by atoms with Crippen molar-refractivity contribution in [3.8, 4) is 0 Å². The van der Waals surface area contributed by atoms with Crippen molar-refractivity contribution in [2.45, 2.75) is 135 Å². The highest BCUT2D eigenvalue weighted by Crippen LogP contribution is 2.14. The molecule has 0 spiro atoms. The summed E-state index contributed by atoms with van der Waals surface area (Å²) >= 11 is 0. The number of Topliss-reactive ketones (excluding diaryl/α,β-unsaturated/α-hetero) is 2. The summed E-state index contributed by atoms with van der Waals surface area (Å²) in [6, 6.07) is -1.12. The standard InChI is InChI=1S/C37H67N3O11/c1-31(41)17-15-13-11-9-7-5-3-4-6-8-10-12-14-16-18-35(44)40-33(37(46)47)19-20-34(43)38-21-23-48-26-28-51-30-36(45)39-22-24-49-25-27-50-29-32(2)42/h33H,3-30H2,1-2H3,(H,38,43)(H,39,45)(H,40,44)(H,46,47)/t33-/m0/s1. The summed E-state index contributed by atoms with van der Waals surface area (Å²) in [6.07, 6.45) is 17.0. The fraction of sp³-hybridized carbons (Fsp3) is 0.838. The van der Waals surface area contributed by atoms with Gasteiger partial charge in [0.1, 0.15) is 25.0 Å². The minimum atomic E-state index is -1.17. The van der Waals surface area contributed by atoms with Crippen molar-refractivity contribution in [3.05, 3.63) is 0 Å². The van der Waals surface area contributed by atoms with E-state index in [1.807, 2.05) is 0 Å². The molecule has 296 valence electrons. The van der Waals surface area contributed by atoms with Crippen molar-refractivity contribution in [1.82, 2.24) is 16.0 Å². The minimum absolute atomic E-state index is 0.00749. The third kappa shape index (κ3) is 36.6. The summed E-state index contributed by atoms with van der Waals surface area (Å²) in [4.78, 5) is 69.4. The van der Waals surface area contributed by atoms with Crippen LogP contribution in [0.25, 0.3) is 0 Å². The quantitative estimate of drug-likeness (QED) is 0.0670. The van der Waals surface area contributed by atoms with Gasteiger partial charge < -0.3 is 44.8 Å². The molecule has 0 rings (SSSR count). The predicted molar refractivity (Wildman–Crippen MR) is 193 cm³/mol. The van der Waals surface area contributed by atoms with Gasteiger partial charge in [0.2, 0.25) is 17.7 Å². The smallest absolute Gasteiger partial charge is 0.326 e. The van der Waals surface area contributed by atoms with Gasteiger partial charge in [0.25, 0.3) is 0 Å². The molecule has 0 aliphatic carbocycles. The van der Waals surface area contributed by atoms with E-state index < -0.39 is 12.0 Å². The van der Waals surface area contributed by atoms with Crippen LogP contribution >= 0.6 is 0 Å². The monoisotopic (exact) mass is 729 g/mol. The Morgan fingerprint density at radius 1 is 0.471 bits per heavy atom. The highest BCUT2D eigenvalue weighted by Gasteiger charge is 2.20. The Labute approximate surface area is 305 Å². The van der Waals surface area contributed by atoms with Crippen LogP contribution < -0.4 is 16.0 Å². The zero-order valence-corrected chi connectivity index (χ0v) is 31.4. The molecule has 0 bridgehead atoms. The maximum absolute atomic E-state index is 12.3. The van der Waals surface area contributed by atoms with Gasteiger partial charge in [0, 0.05) is 32.4 Å². The van der Waals surface area contributed by atoms with E-state index in [1.54, 1.807) is 6.92 Å². The molecule has 0 aromatic rings. The van der Waals surface area contributed by atoms with E-state index in [0.717, 1.165) is 38.5 Å². The van der Waals surface area contributed by atoms with Gasteiger partial charge in [0.15, 0.2) is 5.78 Å². The molecule has 0 aromatic heterocycles. The number of hydrogen-bond donors (Lipinski definition) is 4. The number of carbonyl (C=O) groups excluding carboxylic acids is 5. The zero-order chi connectivity index (χ0) is 37.8. The normalized spacial score (nSPS) is 11.6. The molecule has 0 saturated carbocycles. The lowest BCUT2D eigenvalue weighted by Crippen LogP contribution is -2.41. The summed E-state index contributed by atoms with van der Waals surface area (Å²) in [7, 11) is 0. The molecule has 14 nitrogen and oxygen atoms in total. The number of ketones is 2. The average molecular weight is 730 g/mol. The lowest BCUT2D eigenvalue weighted by atomic mass is 10.0. The number of unbranched alkanes of at least 4 members (excludes halogenated alkanes) is 13. The first kappa shape index (κ1) is 48.1. The van der Waals surface area contributed by atoms with E-state index in [0.29, 0.717) is 32.8 Å². The Hall–Kier alpha value is -2.94. The highest BCUT2D eigenvalue weighted by molar-refractivity contribution is 5.84. The molecule has 3 amide bonds. The lowest BCUT2D eigenvalue weighted by Gasteiger charge is -2.14. The maximum Gasteiger partial charge on any atom is 0.326 e. The molecule has 4 N–H and O–H groups in total. The van der Waals surface area contributed by atoms with Gasteiger partial charge in [-0.1, -0.05) is 77.0 Å². The molecule has 0 aliphatic heterocycles. The number of aliphatic carboxylic acids is 1. The highest BCUT2D eigenvalue weighted by atomic mass is 16.5. The van der Waals surface area contributed by atoms with E-state index in [1.165, 1.54) is 58.3 Å². The van der Waals surface area contributed by atoms with Gasteiger partial charge in [-0.2, -0.15) is 0 Å². The molecular weight excluding hydrogens is 662 g/mol. The summed E-state index contributed by atoms with van der Waals surface area (Å²) < 4.78 is 20.9.